The van der Waals surface area contributed by atoms with E-state index in [9.17, 15) is 9.59 Å². The normalized spacial score (nSPS) is 11.3. The highest BCUT2D eigenvalue weighted by atomic mass is 16.2. The second-order valence-electron chi connectivity index (χ2n) is 8.84. The number of aromatic nitrogens is 1. The lowest BCUT2D eigenvalue weighted by Gasteiger charge is -2.10. The minimum Gasteiger partial charge on any atom is -0.397 e. The molecule has 1 heterocycles. The monoisotopic (exact) mass is 489 g/mol. The van der Waals surface area contributed by atoms with Crippen LogP contribution in [0.15, 0.2) is 91.1 Å². The Bertz CT molecular complexity index is 1460. The van der Waals surface area contributed by atoms with E-state index in [1.165, 1.54) is 6.20 Å². The summed E-state index contributed by atoms with van der Waals surface area (Å²) in [5.74, 6) is 0.168. The van der Waals surface area contributed by atoms with Crippen molar-refractivity contribution in [1.29, 1.82) is 0 Å². The van der Waals surface area contributed by atoms with Crippen LogP contribution in [-0.4, -0.2) is 29.9 Å². The van der Waals surface area contributed by atoms with Crippen LogP contribution in [0.3, 0.4) is 0 Å². The van der Waals surface area contributed by atoms with Crippen LogP contribution in [0.4, 0.5) is 17.2 Å². The first kappa shape index (κ1) is 23.8. The molecule has 0 spiro atoms. The number of anilines is 3. The number of fused-ring (bicyclic) bond motifs is 3. The Morgan fingerprint density at radius 2 is 1.54 bits per heavy atom. The highest BCUT2D eigenvalue weighted by molar-refractivity contribution is 6.08. The van der Waals surface area contributed by atoms with Crippen molar-refractivity contribution in [2.75, 3.05) is 29.5 Å². The fourth-order valence-electron chi connectivity index (χ4n) is 4.39. The predicted molar refractivity (Wildman–Crippen MR) is 148 cm³/mol. The Hall–Kier alpha value is -4.91. The summed E-state index contributed by atoms with van der Waals surface area (Å²) < 4.78 is 0. The maximum Gasteiger partial charge on any atom is 0.257 e. The highest BCUT2D eigenvalue weighted by Crippen LogP contribution is 2.43. The molecule has 184 valence electrons. The van der Waals surface area contributed by atoms with E-state index in [0.29, 0.717) is 35.8 Å². The first-order chi connectivity index (χ1) is 18.0. The third-order valence-electron chi connectivity index (χ3n) is 6.21. The fraction of sp³-hybridized carbons (Fsp3) is 0.100. The number of nitrogen functional groups attached to an aromatic ring is 1. The van der Waals surface area contributed by atoms with Gasteiger partial charge in [0.15, 0.2) is 0 Å². The summed E-state index contributed by atoms with van der Waals surface area (Å²) >= 11 is 0. The Kier molecular flexibility index (Phi) is 6.68. The molecule has 0 unspecified atom stereocenters. The molecule has 3 aromatic carbocycles. The van der Waals surface area contributed by atoms with Gasteiger partial charge in [-0.3, -0.25) is 9.59 Å². The van der Waals surface area contributed by atoms with E-state index >= 15 is 0 Å². The van der Waals surface area contributed by atoms with Crippen molar-refractivity contribution in [2.24, 2.45) is 0 Å². The summed E-state index contributed by atoms with van der Waals surface area (Å²) in [4.78, 5) is 29.5. The minimum atomic E-state index is -0.287. The standard InChI is InChI=1S/C30H27N5O2/c1-19-10-12-27(26(31)16-19)35-30(37)20-11-13-28(34-18-20)32-14-15-33-29(36)17-25-23-8-4-2-6-21(23)22-7-3-5-9-24(22)25/h2-13,16-18H,14-15,31H2,1H3,(H,32,34)(H,33,36)(H,35,37). The van der Waals surface area contributed by atoms with Crippen LogP contribution < -0.4 is 21.7 Å². The number of pyridine rings is 1. The molecule has 4 aromatic rings. The molecular weight excluding hydrogens is 462 g/mol. The predicted octanol–water partition coefficient (Wildman–Crippen LogP) is 4.86. The lowest BCUT2D eigenvalue weighted by molar-refractivity contribution is -0.116. The van der Waals surface area contributed by atoms with Crippen molar-refractivity contribution in [2.45, 2.75) is 6.92 Å². The molecule has 2 amide bonds. The maximum absolute atomic E-state index is 12.7. The van der Waals surface area contributed by atoms with Crippen molar-refractivity contribution in [1.82, 2.24) is 10.3 Å². The smallest absolute Gasteiger partial charge is 0.257 e. The molecule has 5 rings (SSSR count). The van der Waals surface area contributed by atoms with Crippen LogP contribution in [0, 0.1) is 6.92 Å². The topological polar surface area (TPSA) is 109 Å². The Labute approximate surface area is 215 Å². The van der Waals surface area contributed by atoms with Gasteiger partial charge < -0.3 is 21.7 Å². The number of hydrogen-bond acceptors (Lipinski definition) is 5. The summed E-state index contributed by atoms with van der Waals surface area (Å²) in [5.41, 5.74) is 13.8. The number of nitrogens with two attached hydrogens (primary N) is 1. The van der Waals surface area contributed by atoms with Crippen LogP contribution >= 0.6 is 0 Å². The van der Waals surface area contributed by atoms with Gasteiger partial charge in [-0.15, -0.1) is 0 Å². The van der Waals surface area contributed by atoms with Crippen LogP contribution in [0.25, 0.3) is 16.7 Å². The zero-order valence-electron chi connectivity index (χ0n) is 20.4. The van der Waals surface area contributed by atoms with Gasteiger partial charge in [0.05, 0.1) is 16.9 Å². The van der Waals surface area contributed by atoms with Crippen LogP contribution in [0.5, 0.6) is 0 Å². The molecule has 0 radical (unpaired) electrons. The van der Waals surface area contributed by atoms with E-state index in [1.807, 2.05) is 55.5 Å². The molecule has 0 fully saturated rings. The van der Waals surface area contributed by atoms with Gasteiger partial charge in [-0.25, -0.2) is 4.98 Å². The molecule has 1 aromatic heterocycles. The van der Waals surface area contributed by atoms with Crippen molar-refractivity contribution in [3.05, 3.63) is 113 Å². The lowest BCUT2D eigenvalue weighted by Crippen LogP contribution is -2.27. The molecule has 0 saturated carbocycles. The number of hydrogen-bond donors (Lipinski definition) is 4. The molecule has 0 aliphatic heterocycles. The first-order valence-corrected chi connectivity index (χ1v) is 12.1. The molecule has 7 nitrogen and oxygen atoms in total. The summed E-state index contributed by atoms with van der Waals surface area (Å²) in [5, 5.41) is 8.89. The van der Waals surface area contributed by atoms with Gasteiger partial charge in [0.2, 0.25) is 5.91 Å². The Morgan fingerprint density at radius 1 is 0.865 bits per heavy atom. The number of aryl methyl sites for hydroxylation is 1. The molecule has 5 N–H and O–H groups in total. The SMILES string of the molecule is Cc1ccc(NC(=O)c2ccc(NCCNC(=O)C=C3c4ccccc4-c4ccccc43)nc2)c(N)c1. The van der Waals surface area contributed by atoms with E-state index in [4.69, 9.17) is 5.73 Å². The van der Waals surface area contributed by atoms with E-state index in [1.54, 1.807) is 24.3 Å². The third-order valence-corrected chi connectivity index (χ3v) is 6.21. The molecule has 1 aliphatic rings. The van der Waals surface area contributed by atoms with Gasteiger partial charge in [-0.2, -0.15) is 0 Å². The van der Waals surface area contributed by atoms with Gasteiger partial charge in [0, 0.05) is 25.4 Å². The van der Waals surface area contributed by atoms with Gasteiger partial charge >= 0.3 is 0 Å². The maximum atomic E-state index is 12.7. The Balaban J connectivity index is 1.14. The molecule has 37 heavy (non-hydrogen) atoms. The second-order valence-corrected chi connectivity index (χ2v) is 8.84. The molecule has 0 saturated heterocycles. The van der Waals surface area contributed by atoms with Crippen molar-refractivity contribution in [3.8, 4) is 11.1 Å². The summed E-state index contributed by atoms with van der Waals surface area (Å²) in [6, 6.07) is 25.1. The van der Waals surface area contributed by atoms with Crippen LogP contribution in [0.1, 0.15) is 27.0 Å². The lowest BCUT2D eigenvalue weighted by atomic mass is 10.0. The zero-order chi connectivity index (χ0) is 25.8. The molecule has 0 bridgehead atoms. The number of nitrogens with one attached hydrogen (secondary N) is 3. The van der Waals surface area contributed by atoms with E-state index in [0.717, 1.165) is 33.4 Å². The average Bonchev–Trinajstić information content (AvgIpc) is 3.22. The van der Waals surface area contributed by atoms with E-state index < -0.39 is 0 Å². The van der Waals surface area contributed by atoms with Crippen molar-refractivity contribution < 1.29 is 9.59 Å². The van der Waals surface area contributed by atoms with Crippen LogP contribution in [0.2, 0.25) is 0 Å². The minimum absolute atomic E-state index is 0.154. The van der Waals surface area contributed by atoms with E-state index in [-0.39, 0.29) is 11.8 Å². The molecule has 0 atom stereocenters. The van der Waals surface area contributed by atoms with Crippen molar-refractivity contribution >= 4 is 34.6 Å². The number of carbonyl (C=O) groups is 2. The van der Waals surface area contributed by atoms with Crippen LogP contribution in [-0.2, 0) is 4.79 Å². The first-order valence-electron chi connectivity index (χ1n) is 12.1. The highest BCUT2D eigenvalue weighted by Gasteiger charge is 2.23. The second kappa shape index (κ2) is 10.4. The number of rotatable bonds is 7. The summed E-state index contributed by atoms with van der Waals surface area (Å²) in [7, 11) is 0. The average molecular weight is 490 g/mol. The molecule has 7 heteroatoms. The molecular formula is C30H27N5O2. The summed E-state index contributed by atoms with van der Waals surface area (Å²) in [6.45, 7) is 2.84. The van der Waals surface area contributed by atoms with Gasteiger partial charge in [-0.05, 0) is 64.6 Å². The van der Waals surface area contributed by atoms with Gasteiger partial charge in [0.25, 0.3) is 5.91 Å². The number of nitrogens with zero attached hydrogens (tertiary/aromatic N) is 1. The van der Waals surface area contributed by atoms with Gasteiger partial charge in [-0.1, -0.05) is 54.6 Å². The largest absolute Gasteiger partial charge is 0.397 e. The fourth-order valence-corrected chi connectivity index (χ4v) is 4.39. The quantitative estimate of drug-likeness (QED) is 0.148. The zero-order valence-corrected chi connectivity index (χ0v) is 20.4. The molecule has 1 aliphatic carbocycles. The number of carbonyl (C=O) groups excluding carboxylic acids is 2. The number of benzene rings is 3. The third kappa shape index (κ3) is 5.21. The number of amides is 2. The van der Waals surface area contributed by atoms with Gasteiger partial charge in [0.1, 0.15) is 5.82 Å². The van der Waals surface area contributed by atoms with E-state index in [2.05, 4.69) is 33.1 Å². The summed E-state index contributed by atoms with van der Waals surface area (Å²) in [6.07, 6.45) is 3.16. The Morgan fingerprint density at radius 3 is 2.16 bits per heavy atom. The van der Waals surface area contributed by atoms with Crippen molar-refractivity contribution in [3.63, 3.8) is 0 Å².